The third-order valence-electron chi connectivity index (χ3n) is 0.910. The second kappa shape index (κ2) is 2.25. The number of H-pyrrole nitrogens is 1. The van der Waals surface area contributed by atoms with Crippen LogP contribution in [0.3, 0.4) is 0 Å². The number of nitrogens with one attached hydrogen (secondary N) is 2. The van der Waals surface area contributed by atoms with Crippen LogP contribution in [0.5, 0.6) is 0 Å². The summed E-state index contributed by atoms with van der Waals surface area (Å²) in [6, 6.07) is 0. The maximum absolute atomic E-state index is 10.6. The van der Waals surface area contributed by atoms with Crippen LogP contribution in [-0.2, 0) is 0 Å². The minimum absolute atomic E-state index is 0.257. The van der Waals surface area contributed by atoms with Crippen molar-refractivity contribution in [3.63, 3.8) is 0 Å². The van der Waals surface area contributed by atoms with Gasteiger partial charge in [-0.25, -0.2) is 5.10 Å². The van der Waals surface area contributed by atoms with Gasteiger partial charge in [-0.2, -0.15) is 0 Å². The van der Waals surface area contributed by atoms with Crippen molar-refractivity contribution in [1.82, 2.24) is 15.4 Å². The molecule has 1 aromatic heterocycles. The van der Waals surface area contributed by atoms with Gasteiger partial charge in [0, 0.05) is 7.05 Å². The molecule has 0 bridgehead atoms. The summed E-state index contributed by atoms with van der Waals surface area (Å²) in [5, 5.41) is 11.5. The van der Waals surface area contributed by atoms with Gasteiger partial charge in [-0.15, -0.1) is 5.10 Å². The van der Waals surface area contributed by atoms with Gasteiger partial charge in [0.15, 0.2) is 0 Å². The van der Waals surface area contributed by atoms with Crippen molar-refractivity contribution >= 4 is 5.69 Å². The van der Waals surface area contributed by atoms with E-state index in [0.29, 0.717) is 5.69 Å². The van der Waals surface area contributed by atoms with E-state index in [2.05, 4.69) is 20.7 Å². The van der Waals surface area contributed by atoms with Crippen molar-refractivity contribution < 1.29 is 0 Å². The lowest BCUT2D eigenvalue weighted by atomic mass is 10.5. The molecular formula is C4H6N4O. The van der Waals surface area contributed by atoms with Gasteiger partial charge in [0.1, 0.15) is 5.69 Å². The van der Waals surface area contributed by atoms with Crippen LogP contribution >= 0.6 is 0 Å². The topological polar surface area (TPSA) is 70.7 Å². The molecule has 0 saturated carbocycles. The largest absolute Gasteiger partial charge is 0.382 e. The molecule has 5 nitrogen and oxygen atoms in total. The first-order valence-corrected chi connectivity index (χ1v) is 2.42. The van der Waals surface area contributed by atoms with E-state index in [1.165, 1.54) is 6.20 Å². The number of hydrogen-bond acceptors (Lipinski definition) is 4. The van der Waals surface area contributed by atoms with E-state index in [1.807, 2.05) is 0 Å². The monoisotopic (exact) mass is 126 g/mol. The summed E-state index contributed by atoms with van der Waals surface area (Å²) in [6.45, 7) is 0. The summed E-state index contributed by atoms with van der Waals surface area (Å²) >= 11 is 0. The zero-order chi connectivity index (χ0) is 6.69. The molecular weight excluding hydrogens is 120 g/mol. The Bertz CT molecular complexity index is 242. The molecule has 0 saturated heterocycles. The molecule has 0 unspecified atom stereocenters. The Morgan fingerprint density at radius 1 is 1.78 bits per heavy atom. The van der Waals surface area contributed by atoms with Gasteiger partial charge in [0.2, 0.25) is 0 Å². The molecule has 0 aliphatic rings. The fraction of sp³-hybridized carbons (Fsp3) is 0.250. The number of anilines is 1. The van der Waals surface area contributed by atoms with Gasteiger partial charge >= 0.3 is 0 Å². The summed E-state index contributed by atoms with van der Waals surface area (Å²) in [7, 11) is 1.65. The van der Waals surface area contributed by atoms with Gasteiger partial charge in [-0.05, 0) is 0 Å². The zero-order valence-electron chi connectivity index (χ0n) is 4.88. The van der Waals surface area contributed by atoms with E-state index in [9.17, 15) is 4.79 Å². The first-order chi connectivity index (χ1) is 4.34. The minimum Gasteiger partial charge on any atom is -0.382 e. The highest BCUT2D eigenvalue weighted by Gasteiger charge is 1.91. The van der Waals surface area contributed by atoms with Crippen molar-refractivity contribution in [3.8, 4) is 0 Å². The second-order valence-corrected chi connectivity index (χ2v) is 1.45. The lowest BCUT2D eigenvalue weighted by molar-refractivity contribution is 0.843. The smallest absolute Gasteiger partial charge is 0.290 e. The standard InChI is InChI=1S/C4H6N4O/c1-5-3-2-6-8-7-4(3)9/h2H,1H3,(H,5,8)(H,6,7,9). The normalized spacial score (nSPS) is 9.00. The fourth-order valence-electron chi connectivity index (χ4n) is 0.458. The molecule has 0 amide bonds. The van der Waals surface area contributed by atoms with Crippen LogP contribution < -0.4 is 10.9 Å². The highest BCUT2D eigenvalue weighted by atomic mass is 16.1. The Kier molecular flexibility index (Phi) is 1.44. The van der Waals surface area contributed by atoms with Crippen LogP contribution in [0.4, 0.5) is 5.69 Å². The highest BCUT2D eigenvalue weighted by molar-refractivity contribution is 5.35. The van der Waals surface area contributed by atoms with Gasteiger partial charge < -0.3 is 5.32 Å². The molecule has 0 aliphatic carbocycles. The van der Waals surface area contributed by atoms with Crippen LogP contribution in [-0.4, -0.2) is 22.5 Å². The van der Waals surface area contributed by atoms with Crippen LogP contribution in [0.25, 0.3) is 0 Å². The summed E-state index contributed by atoms with van der Waals surface area (Å²) in [6.07, 6.45) is 1.36. The Morgan fingerprint density at radius 3 is 3.00 bits per heavy atom. The van der Waals surface area contributed by atoms with E-state index < -0.39 is 0 Å². The SMILES string of the molecule is CNc1cnn[nH]c1=O. The Hall–Kier alpha value is -1.39. The van der Waals surface area contributed by atoms with Crippen LogP contribution in [0.1, 0.15) is 0 Å². The Morgan fingerprint density at radius 2 is 2.56 bits per heavy atom. The van der Waals surface area contributed by atoms with Gasteiger partial charge in [-0.1, -0.05) is 5.21 Å². The molecule has 48 valence electrons. The number of aromatic nitrogens is 3. The minimum atomic E-state index is -0.257. The predicted octanol–water partition coefficient (Wildman–Crippen LogP) is -0.793. The summed E-state index contributed by atoms with van der Waals surface area (Å²) in [4.78, 5) is 10.6. The third kappa shape index (κ3) is 1.04. The number of rotatable bonds is 1. The number of hydrogen-bond donors (Lipinski definition) is 2. The summed E-state index contributed by atoms with van der Waals surface area (Å²) in [5.74, 6) is 0. The lowest BCUT2D eigenvalue weighted by Crippen LogP contribution is -2.13. The zero-order valence-corrected chi connectivity index (χ0v) is 4.88. The summed E-state index contributed by atoms with van der Waals surface area (Å²) in [5.41, 5.74) is 0.164. The van der Waals surface area contributed by atoms with E-state index in [4.69, 9.17) is 0 Å². The molecule has 9 heavy (non-hydrogen) atoms. The van der Waals surface area contributed by atoms with Crippen molar-refractivity contribution in [2.75, 3.05) is 12.4 Å². The van der Waals surface area contributed by atoms with Crippen LogP contribution in [0, 0.1) is 0 Å². The molecule has 0 fully saturated rings. The van der Waals surface area contributed by atoms with Gasteiger partial charge in [0.05, 0.1) is 6.20 Å². The highest BCUT2D eigenvalue weighted by Crippen LogP contribution is 1.86. The van der Waals surface area contributed by atoms with Gasteiger partial charge in [0.25, 0.3) is 5.56 Å². The molecule has 1 aromatic rings. The predicted molar refractivity (Wildman–Crippen MR) is 32.2 cm³/mol. The average Bonchev–Trinajstić information content (AvgIpc) is 1.89. The van der Waals surface area contributed by atoms with Crippen LogP contribution in [0.2, 0.25) is 0 Å². The van der Waals surface area contributed by atoms with Crippen molar-refractivity contribution in [2.24, 2.45) is 0 Å². The molecule has 0 spiro atoms. The number of nitrogens with zero attached hydrogens (tertiary/aromatic N) is 2. The molecule has 1 heterocycles. The molecule has 2 N–H and O–H groups in total. The van der Waals surface area contributed by atoms with E-state index >= 15 is 0 Å². The summed E-state index contributed by atoms with van der Waals surface area (Å²) < 4.78 is 0. The number of aromatic amines is 1. The third-order valence-corrected chi connectivity index (χ3v) is 0.910. The maximum Gasteiger partial charge on any atom is 0.290 e. The Balaban J connectivity index is 3.16. The van der Waals surface area contributed by atoms with Gasteiger partial charge in [-0.3, -0.25) is 4.79 Å². The van der Waals surface area contributed by atoms with E-state index in [1.54, 1.807) is 7.05 Å². The molecule has 0 atom stereocenters. The second-order valence-electron chi connectivity index (χ2n) is 1.45. The molecule has 0 radical (unpaired) electrons. The first kappa shape index (κ1) is 5.74. The van der Waals surface area contributed by atoms with Crippen LogP contribution in [0.15, 0.2) is 11.0 Å². The van der Waals surface area contributed by atoms with E-state index in [0.717, 1.165) is 0 Å². The molecule has 0 aliphatic heterocycles. The quantitative estimate of drug-likeness (QED) is 0.517. The van der Waals surface area contributed by atoms with Crippen molar-refractivity contribution in [3.05, 3.63) is 16.6 Å². The lowest BCUT2D eigenvalue weighted by Gasteiger charge is -1.91. The fourth-order valence-corrected chi connectivity index (χ4v) is 0.458. The maximum atomic E-state index is 10.6. The first-order valence-electron chi connectivity index (χ1n) is 2.42. The Labute approximate surface area is 51.1 Å². The average molecular weight is 126 g/mol. The molecule has 0 aromatic carbocycles. The molecule has 1 rings (SSSR count). The molecule has 5 heteroatoms. The van der Waals surface area contributed by atoms with Crippen molar-refractivity contribution in [1.29, 1.82) is 0 Å². The van der Waals surface area contributed by atoms with Crippen molar-refractivity contribution in [2.45, 2.75) is 0 Å². The van der Waals surface area contributed by atoms with E-state index in [-0.39, 0.29) is 5.56 Å².